The number of urea groups is 1. The van der Waals surface area contributed by atoms with Gasteiger partial charge in [0.1, 0.15) is 0 Å². The summed E-state index contributed by atoms with van der Waals surface area (Å²) in [6, 6.07) is 2.64. The third-order valence-electron chi connectivity index (χ3n) is 2.43. The third kappa shape index (κ3) is 6.37. The number of hydrogen-bond donors (Lipinski definition) is 2. The topological polar surface area (TPSA) is 84.5 Å². The maximum absolute atomic E-state index is 12.5. The van der Waals surface area contributed by atoms with Gasteiger partial charge >= 0.3 is 18.2 Å². The van der Waals surface area contributed by atoms with Crippen molar-refractivity contribution in [2.75, 3.05) is 6.61 Å². The zero-order valence-electron chi connectivity index (χ0n) is 12.4. The van der Waals surface area contributed by atoms with Crippen molar-refractivity contribution in [3.05, 3.63) is 35.4 Å². The fourth-order valence-corrected chi connectivity index (χ4v) is 1.50. The summed E-state index contributed by atoms with van der Waals surface area (Å²) in [6.07, 6.45) is -4.59. The molecule has 1 aromatic rings. The largest absolute Gasteiger partial charge is 0.452 e. The Morgan fingerprint density at radius 3 is 2.43 bits per heavy atom. The van der Waals surface area contributed by atoms with Gasteiger partial charge in [0.25, 0.3) is 5.91 Å². The van der Waals surface area contributed by atoms with Crippen LogP contribution in [0.15, 0.2) is 24.3 Å². The molecule has 0 radical (unpaired) electrons. The summed E-state index contributed by atoms with van der Waals surface area (Å²) < 4.78 is 42.2. The Balaban J connectivity index is 2.57. The van der Waals surface area contributed by atoms with Crippen molar-refractivity contribution in [1.29, 1.82) is 0 Å². The van der Waals surface area contributed by atoms with Crippen LogP contribution in [0.2, 0.25) is 0 Å². The monoisotopic (exact) mass is 332 g/mol. The number of esters is 1. The van der Waals surface area contributed by atoms with E-state index >= 15 is 0 Å². The standard InChI is InChI=1S/C14H15F3N2O4/c1-8(2)18-13(22)19-11(20)7-23-12(21)9-4-3-5-10(6-9)14(15,16)17/h3-6,8H,7H2,1-2H3,(H2,18,19,20,22). The molecule has 126 valence electrons. The number of halogens is 3. The molecule has 0 aromatic heterocycles. The van der Waals surface area contributed by atoms with Crippen molar-refractivity contribution in [2.24, 2.45) is 0 Å². The Hall–Kier alpha value is -2.58. The summed E-state index contributed by atoms with van der Waals surface area (Å²) in [6.45, 7) is 2.57. The van der Waals surface area contributed by atoms with Gasteiger partial charge in [-0.05, 0) is 32.0 Å². The Kier molecular flexibility index (Phi) is 6.11. The lowest BCUT2D eigenvalue weighted by atomic mass is 10.1. The summed E-state index contributed by atoms with van der Waals surface area (Å²) in [5, 5.41) is 4.29. The van der Waals surface area contributed by atoms with Crippen molar-refractivity contribution in [1.82, 2.24) is 10.6 Å². The van der Waals surface area contributed by atoms with Crippen molar-refractivity contribution in [3.8, 4) is 0 Å². The average Bonchev–Trinajstić information content (AvgIpc) is 2.43. The van der Waals surface area contributed by atoms with E-state index in [-0.39, 0.29) is 11.6 Å². The molecule has 9 heteroatoms. The van der Waals surface area contributed by atoms with Gasteiger partial charge in [-0.15, -0.1) is 0 Å². The first-order valence-corrected chi connectivity index (χ1v) is 6.54. The van der Waals surface area contributed by atoms with E-state index in [4.69, 9.17) is 0 Å². The predicted octanol–water partition coefficient (Wildman–Crippen LogP) is 2.10. The summed E-state index contributed by atoms with van der Waals surface area (Å²) in [4.78, 5) is 34.2. The number of imide groups is 1. The number of benzene rings is 1. The van der Waals surface area contributed by atoms with Gasteiger partial charge in [-0.25, -0.2) is 9.59 Å². The van der Waals surface area contributed by atoms with Crippen molar-refractivity contribution in [2.45, 2.75) is 26.1 Å². The Labute approximate surface area is 130 Å². The molecule has 2 N–H and O–H groups in total. The molecule has 1 rings (SSSR count). The summed E-state index contributed by atoms with van der Waals surface area (Å²) >= 11 is 0. The normalized spacial score (nSPS) is 11.0. The zero-order valence-corrected chi connectivity index (χ0v) is 12.4. The molecular weight excluding hydrogens is 317 g/mol. The minimum atomic E-state index is -4.59. The molecule has 0 aliphatic rings. The van der Waals surface area contributed by atoms with Crippen LogP contribution in [0.3, 0.4) is 0 Å². The van der Waals surface area contributed by atoms with Crippen molar-refractivity contribution < 1.29 is 32.3 Å². The predicted molar refractivity (Wildman–Crippen MR) is 73.5 cm³/mol. The van der Waals surface area contributed by atoms with Crippen LogP contribution >= 0.6 is 0 Å². The van der Waals surface area contributed by atoms with Crippen LogP contribution in [0.25, 0.3) is 0 Å². The number of carbonyl (C=O) groups is 3. The Bertz CT molecular complexity index is 600. The summed E-state index contributed by atoms with van der Waals surface area (Å²) in [5.41, 5.74) is -1.35. The molecule has 0 saturated carbocycles. The van der Waals surface area contributed by atoms with Crippen LogP contribution in [-0.2, 0) is 15.7 Å². The number of carbonyl (C=O) groups excluding carboxylic acids is 3. The van der Waals surface area contributed by atoms with Crippen LogP contribution in [0.5, 0.6) is 0 Å². The van der Waals surface area contributed by atoms with Gasteiger partial charge in [0.15, 0.2) is 6.61 Å². The highest BCUT2D eigenvalue weighted by atomic mass is 19.4. The first-order valence-electron chi connectivity index (χ1n) is 6.54. The third-order valence-corrected chi connectivity index (χ3v) is 2.43. The Morgan fingerprint density at radius 1 is 1.22 bits per heavy atom. The number of alkyl halides is 3. The molecule has 1 aromatic carbocycles. The second-order valence-corrected chi connectivity index (χ2v) is 4.83. The first kappa shape index (κ1) is 18.5. The smallest absolute Gasteiger partial charge is 0.416 e. The number of hydrogen-bond acceptors (Lipinski definition) is 4. The van der Waals surface area contributed by atoms with Crippen molar-refractivity contribution in [3.63, 3.8) is 0 Å². The van der Waals surface area contributed by atoms with Crippen molar-refractivity contribution >= 4 is 17.9 Å². The lowest BCUT2D eigenvalue weighted by Crippen LogP contribution is -2.44. The van der Waals surface area contributed by atoms with E-state index in [0.29, 0.717) is 6.07 Å². The molecule has 0 heterocycles. The maximum Gasteiger partial charge on any atom is 0.416 e. The number of ether oxygens (including phenoxy) is 1. The molecule has 0 aliphatic heterocycles. The van der Waals surface area contributed by atoms with Crippen LogP contribution in [0.1, 0.15) is 29.8 Å². The molecule has 0 atom stereocenters. The fraction of sp³-hybridized carbons (Fsp3) is 0.357. The number of amides is 3. The summed E-state index contributed by atoms with van der Waals surface area (Å²) in [5.74, 6) is -2.00. The quantitative estimate of drug-likeness (QED) is 0.827. The van der Waals surface area contributed by atoms with E-state index in [2.05, 4.69) is 10.1 Å². The van der Waals surface area contributed by atoms with E-state index in [0.717, 1.165) is 18.2 Å². The molecule has 0 bridgehead atoms. The van der Waals surface area contributed by atoms with Gasteiger partial charge < -0.3 is 10.1 Å². The lowest BCUT2D eigenvalue weighted by molar-refractivity contribution is -0.137. The van der Waals surface area contributed by atoms with Crippen LogP contribution in [-0.4, -0.2) is 30.6 Å². The van der Waals surface area contributed by atoms with Gasteiger partial charge in [-0.3, -0.25) is 10.1 Å². The first-order chi connectivity index (χ1) is 10.6. The maximum atomic E-state index is 12.5. The molecule has 0 fully saturated rings. The highest BCUT2D eigenvalue weighted by molar-refractivity contribution is 5.97. The van der Waals surface area contributed by atoms with E-state index < -0.39 is 36.3 Å². The molecule has 23 heavy (non-hydrogen) atoms. The lowest BCUT2D eigenvalue weighted by Gasteiger charge is -2.10. The van der Waals surface area contributed by atoms with Gasteiger partial charge in [-0.1, -0.05) is 6.07 Å². The van der Waals surface area contributed by atoms with E-state index in [9.17, 15) is 27.6 Å². The molecule has 0 unspecified atom stereocenters. The average molecular weight is 332 g/mol. The molecule has 0 saturated heterocycles. The van der Waals surface area contributed by atoms with Gasteiger partial charge in [0.05, 0.1) is 11.1 Å². The van der Waals surface area contributed by atoms with Crippen LogP contribution in [0.4, 0.5) is 18.0 Å². The second-order valence-electron chi connectivity index (χ2n) is 4.83. The second kappa shape index (κ2) is 7.61. The van der Waals surface area contributed by atoms with E-state index in [1.54, 1.807) is 13.8 Å². The van der Waals surface area contributed by atoms with Crippen LogP contribution in [0, 0.1) is 0 Å². The molecule has 0 spiro atoms. The SMILES string of the molecule is CC(C)NC(=O)NC(=O)COC(=O)c1cccc(C(F)(F)F)c1. The Morgan fingerprint density at radius 2 is 1.87 bits per heavy atom. The zero-order chi connectivity index (χ0) is 17.6. The highest BCUT2D eigenvalue weighted by Gasteiger charge is 2.31. The number of nitrogens with one attached hydrogen (secondary N) is 2. The van der Waals surface area contributed by atoms with E-state index in [1.165, 1.54) is 0 Å². The van der Waals surface area contributed by atoms with Gasteiger partial charge in [0, 0.05) is 6.04 Å². The fourth-order valence-electron chi connectivity index (χ4n) is 1.50. The van der Waals surface area contributed by atoms with Gasteiger partial charge in [-0.2, -0.15) is 13.2 Å². The molecule has 0 aliphatic carbocycles. The van der Waals surface area contributed by atoms with Crippen LogP contribution < -0.4 is 10.6 Å². The van der Waals surface area contributed by atoms with E-state index in [1.807, 2.05) is 5.32 Å². The minimum Gasteiger partial charge on any atom is -0.452 e. The molecular formula is C14H15F3N2O4. The number of rotatable bonds is 4. The summed E-state index contributed by atoms with van der Waals surface area (Å²) in [7, 11) is 0. The molecule has 6 nitrogen and oxygen atoms in total. The highest BCUT2D eigenvalue weighted by Crippen LogP contribution is 2.29. The minimum absolute atomic E-state index is 0.199. The molecule has 3 amide bonds. The van der Waals surface area contributed by atoms with Gasteiger partial charge in [0.2, 0.25) is 0 Å².